The zero-order valence-corrected chi connectivity index (χ0v) is 15.7. The van der Waals surface area contributed by atoms with E-state index in [9.17, 15) is 4.79 Å². The molecule has 3 rings (SSSR count). The predicted octanol–water partition coefficient (Wildman–Crippen LogP) is 2.28. The van der Waals surface area contributed by atoms with E-state index in [1.807, 2.05) is 24.3 Å². The van der Waals surface area contributed by atoms with Gasteiger partial charge in [-0.3, -0.25) is 4.79 Å². The van der Waals surface area contributed by atoms with Crippen molar-refractivity contribution in [1.29, 1.82) is 0 Å². The highest BCUT2D eigenvalue weighted by Crippen LogP contribution is 2.29. The zero-order chi connectivity index (χ0) is 19.2. The number of hydrogen-bond donors (Lipinski definition) is 2. The van der Waals surface area contributed by atoms with Crippen molar-refractivity contribution in [3.63, 3.8) is 0 Å². The van der Waals surface area contributed by atoms with Crippen molar-refractivity contribution in [1.82, 2.24) is 15.3 Å². The second-order valence-electron chi connectivity index (χ2n) is 6.01. The zero-order valence-electron chi connectivity index (χ0n) is 15.7. The molecule has 0 unspecified atom stereocenters. The summed E-state index contributed by atoms with van der Waals surface area (Å²) in [6, 6.07) is 11.3. The van der Waals surface area contributed by atoms with Crippen LogP contribution >= 0.6 is 0 Å². The third-order valence-corrected chi connectivity index (χ3v) is 4.30. The molecule has 0 atom stereocenters. The number of benzene rings is 2. The fourth-order valence-electron chi connectivity index (χ4n) is 2.83. The van der Waals surface area contributed by atoms with Gasteiger partial charge in [0.2, 0.25) is 0 Å². The van der Waals surface area contributed by atoms with Crippen LogP contribution in [0.4, 0.5) is 0 Å². The number of hydrogen-bond acceptors (Lipinski definition) is 6. The first-order valence-electron chi connectivity index (χ1n) is 8.63. The Morgan fingerprint density at radius 3 is 2.37 bits per heavy atom. The Morgan fingerprint density at radius 1 is 1.00 bits per heavy atom. The van der Waals surface area contributed by atoms with E-state index in [1.54, 1.807) is 26.4 Å². The lowest BCUT2D eigenvalue weighted by molar-refractivity contribution is 0.355. The second kappa shape index (κ2) is 8.55. The van der Waals surface area contributed by atoms with E-state index in [2.05, 4.69) is 15.3 Å². The SMILES string of the molecule is COc1ccc(CCNCc2nc3cc(OC)c(OC)cc3c(=O)[nH]2)cc1. The van der Waals surface area contributed by atoms with E-state index in [4.69, 9.17) is 14.2 Å². The maximum Gasteiger partial charge on any atom is 0.258 e. The summed E-state index contributed by atoms with van der Waals surface area (Å²) in [5.41, 5.74) is 1.58. The number of nitrogens with zero attached hydrogens (tertiary/aromatic N) is 1. The van der Waals surface area contributed by atoms with Gasteiger partial charge in [0.05, 0.1) is 38.8 Å². The van der Waals surface area contributed by atoms with Crippen LogP contribution in [0.15, 0.2) is 41.2 Å². The number of methoxy groups -OCH3 is 3. The molecule has 0 saturated heterocycles. The number of rotatable bonds is 8. The molecule has 0 radical (unpaired) electrons. The minimum atomic E-state index is -0.201. The third kappa shape index (κ3) is 4.38. The number of aromatic nitrogens is 2. The first-order chi connectivity index (χ1) is 13.1. The van der Waals surface area contributed by atoms with Crippen LogP contribution in [0.2, 0.25) is 0 Å². The topological polar surface area (TPSA) is 85.5 Å². The lowest BCUT2D eigenvalue weighted by Gasteiger charge is -2.10. The van der Waals surface area contributed by atoms with Crippen molar-refractivity contribution in [2.75, 3.05) is 27.9 Å². The van der Waals surface area contributed by atoms with Gasteiger partial charge in [-0.25, -0.2) is 4.98 Å². The van der Waals surface area contributed by atoms with Crippen molar-refractivity contribution in [2.24, 2.45) is 0 Å². The third-order valence-electron chi connectivity index (χ3n) is 4.30. The smallest absolute Gasteiger partial charge is 0.258 e. The molecule has 0 aliphatic heterocycles. The maximum atomic E-state index is 12.4. The number of aromatic amines is 1. The molecule has 0 bridgehead atoms. The average molecular weight is 369 g/mol. The first kappa shape index (κ1) is 18.7. The summed E-state index contributed by atoms with van der Waals surface area (Å²) in [6.45, 7) is 1.23. The van der Waals surface area contributed by atoms with Gasteiger partial charge >= 0.3 is 0 Å². The Balaban J connectivity index is 1.66. The number of H-pyrrole nitrogens is 1. The van der Waals surface area contributed by atoms with Gasteiger partial charge in [-0.2, -0.15) is 0 Å². The normalized spacial score (nSPS) is 10.8. The van der Waals surface area contributed by atoms with Crippen LogP contribution in [0, 0.1) is 0 Å². The molecular formula is C20H23N3O4. The van der Waals surface area contributed by atoms with Crippen LogP contribution in [0.25, 0.3) is 10.9 Å². The van der Waals surface area contributed by atoms with Crippen LogP contribution < -0.4 is 25.1 Å². The minimum Gasteiger partial charge on any atom is -0.497 e. The van der Waals surface area contributed by atoms with Crippen LogP contribution in [0.5, 0.6) is 17.2 Å². The first-order valence-corrected chi connectivity index (χ1v) is 8.63. The summed E-state index contributed by atoms with van der Waals surface area (Å²) in [5, 5.41) is 3.77. The highest BCUT2D eigenvalue weighted by molar-refractivity contribution is 5.81. The Kier molecular flexibility index (Phi) is 5.93. The minimum absolute atomic E-state index is 0.201. The largest absolute Gasteiger partial charge is 0.497 e. The van der Waals surface area contributed by atoms with Crippen molar-refractivity contribution in [2.45, 2.75) is 13.0 Å². The van der Waals surface area contributed by atoms with Crippen LogP contribution in [0.3, 0.4) is 0 Å². The number of nitrogens with one attached hydrogen (secondary N) is 2. The molecule has 0 aliphatic carbocycles. The average Bonchev–Trinajstić information content (AvgIpc) is 2.70. The number of ether oxygens (including phenoxy) is 3. The molecule has 0 fully saturated rings. The molecule has 1 aromatic heterocycles. The molecule has 0 saturated carbocycles. The van der Waals surface area contributed by atoms with Gasteiger partial charge < -0.3 is 24.5 Å². The molecule has 27 heavy (non-hydrogen) atoms. The van der Waals surface area contributed by atoms with Crippen LogP contribution in [-0.2, 0) is 13.0 Å². The van der Waals surface area contributed by atoms with Crippen molar-refractivity contribution >= 4 is 10.9 Å². The molecule has 2 aromatic carbocycles. The molecule has 0 spiro atoms. The molecule has 142 valence electrons. The van der Waals surface area contributed by atoms with Gasteiger partial charge in [-0.05, 0) is 36.7 Å². The molecule has 7 nitrogen and oxygen atoms in total. The lowest BCUT2D eigenvalue weighted by atomic mass is 10.1. The van der Waals surface area contributed by atoms with Gasteiger partial charge in [0.1, 0.15) is 11.6 Å². The maximum absolute atomic E-state index is 12.4. The standard InChI is InChI=1S/C20H23N3O4/c1-25-14-6-4-13(5-7-14)8-9-21-12-19-22-16-11-18(27-3)17(26-2)10-15(16)20(24)23-19/h4-7,10-11,21H,8-9,12H2,1-3H3,(H,22,23,24). The Hall–Kier alpha value is -3.06. The summed E-state index contributed by atoms with van der Waals surface area (Å²) in [4.78, 5) is 19.7. The summed E-state index contributed by atoms with van der Waals surface area (Å²) >= 11 is 0. The van der Waals surface area contributed by atoms with Gasteiger partial charge in [-0.15, -0.1) is 0 Å². The second-order valence-corrected chi connectivity index (χ2v) is 6.01. The molecule has 1 heterocycles. The summed E-state index contributed by atoms with van der Waals surface area (Å²) in [7, 11) is 4.74. The summed E-state index contributed by atoms with van der Waals surface area (Å²) < 4.78 is 15.7. The van der Waals surface area contributed by atoms with Gasteiger partial charge in [0.25, 0.3) is 5.56 Å². The molecule has 7 heteroatoms. The Labute approximate surface area is 157 Å². The molecule has 0 aliphatic rings. The molecule has 2 N–H and O–H groups in total. The molecule has 3 aromatic rings. The highest BCUT2D eigenvalue weighted by atomic mass is 16.5. The van der Waals surface area contributed by atoms with E-state index in [0.717, 1.165) is 18.7 Å². The Morgan fingerprint density at radius 2 is 1.70 bits per heavy atom. The van der Waals surface area contributed by atoms with E-state index in [-0.39, 0.29) is 5.56 Å². The van der Waals surface area contributed by atoms with Crippen LogP contribution in [0.1, 0.15) is 11.4 Å². The fraction of sp³-hybridized carbons (Fsp3) is 0.300. The van der Waals surface area contributed by atoms with Crippen molar-refractivity contribution in [3.05, 3.63) is 58.1 Å². The van der Waals surface area contributed by atoms with E-state index in [1.165, 1.54) is 12.7 Å². The van der Waals surface area contributed by atoms with Gasteiger partial charge in [-0.1, -0.05) is 12.1 Å². The van der Waals surface area contributed by atoms with E-state index in [0.29, 0.717) is 34.8 Å². The predicted molar refractivity (Wildman–Crippen MR) is 104 cm³/mol. The molecular weight excluding hydrogens is 346 g/mol. The molecule has 0 amide bonds. The van der Waals surface area contributed by atoms with E-state index >= 15 is 0 Å². The lowest BCUT2D eigenvalue weighted by Crippen LogP contribution is -2.21. The van der Waals surface area contributed by atoms with Gasteiger partial charge in [0.15, 0.2) is 11.5 Å². The van der Waals surface area contributed by atoms with Crippen LogP contribution in [-0.4, -0.2) is 37.8 Å². The van der Waals surface area contributed by atoms with Crippen molar-refractivity contribution in [3.8, 4) is 17.2 Å². The summed E-state index contributed by atoms with van der Waals surface area (Å²) in [6.07, 6.45) is 0.868. The monoisotopic (exact) mass is 369 g/mol. The number of fused-ring (bicyclic) bond motifs is 1. The van der Waals surface area contributed by atoms with Gasteiger partial charge in [0, 0.05) is 6.07 Å². The summed E-state index contributed by atoms with van der Waals surface area (Å²) in [5.74, 6) is 2.47. The fourth-order valence-corrected chi connectivity index (χ4v) is 2.83. The highest BCUT2D eigenvalue weighted by Gasteiger charge is 2.10. The quantitative estimate of drug-likeness (QED) is 0.593. The van der Waals surface area contributed by atoms with E-state index < -0.39 is 0 Å². The van der Waals surface area contributed by atoms with Crippen molar-refractivity contribution < 1.29 is 14.2 Å². The Bertz CT molecular complexity index is 967.